The van der Waals surface area contributed by atoms with Gasteiger partial charge in [-0.05, 0) is 26.8 Å². The SMILES string of the molecule is [C-]#[N+]CC1CCN(C(C)C)C1. The maximum atomic E-state index is 6.75. The van der Waals surface area contributed by atoms with Crippen LogP contribution in [-0.4, -0.2) is 30.6 Å². The summed E-state index contributed by atoms with van der Waals surface area (Å²) in [5, 5.41) is 0. The molecule has 2 nitrogen and oxygen atoms in total. The van der Waals surface area contributed by atoms with Gasteiger partial charge in [0.05, 0.1) is 0 Å². The first-order valence-corrected chi connectivity index (χ1v) is 4.31. The van der Waals surface area contributed by atoms with Gasteiger partial charge in [-0.25, -0.2) is 6.57 Å². The lowest BCUT2D eigenvalue weighted by Crippen LogP contribution is -2.28. The molecule has 1 fully saturated rings. The molecule has 1 heterocycles. The molecule has 0 saturated carbocycles. The van der Waals surface area contributed by atoms with Gasteiger partial charge in [-0.3, -0.25) is 0 Å². The molecule has 0 aromatic heterocycles. The van der Waals surface area contributed by atoms with Crippen molar-refractivity contribution in [2.45, 2.75) is 26.3 Å². The van der Waals surface area contributed by atoms with E-state index in [1.54, 1.807) is 0 Å². The van der Waals surface area contributed by atoms with Crippen LogP contribution < -0.4 is 0 Å². The Bertz CT molecular complexity index is 157. The van der Waals surface area contributed by atoms with Gasteiger partial charge in [-0.15, -0.1) is 0 Å². The Labute approximate surface area is 69.0 Å². The molecule has 0 aromatic carbocycles. The Morgan fingerprint density at radius 3 is 2.82 bits per heavy atom. The van der Waals surface area contributed by atoms with Gasteiger partial charge in [0, 0.05) is 18.5 Å². The van der Waals surface area contributed by atoms with E-state index in [9.17, 15) is 0 Å². The van der Waals surface area contributed by atoms with E-state index >= 15 is 0 Å². The zero-order chi connectivity index (χ0) is 8.27. The average Bonchev–Trinajstić information content (AvgIpc) is 2.37. The zero-order valence-electron chi connectivity index (χ0n) is 7.38. The van der Waals surface area contributed by atoms with Gasteiger partial charge in [0.1, 0.15) is 0 Å². The van der Waals surface area contributed by atoms with Crippen molar-refractivity contribution in [2.75, 3.05) is 19.6 Å². The molecule has 1 aliphatic rings. The van der Waals surface area contributed by atoms with Crippen molar-refractivity contribution in [1.29, 1.82) is 0 Å². The van der Waals surface area contributed by atoms with Gasteiger partial charge < -0.3 is 9.74 Å². The van der Waals surface area contributed by atoms with Gasteiger partial charge in [-0.2, -0.15) is 0 Å². The highest BCUT2D eigenvalue weighted by Crippen LogP contribution is 2.18. The Morgan fingerprint density at radius 2 is 2.36 bits per heavy atom. The molecule has 1 rings (SSSR count). The minimum atomic E-state index is 0.648. The lowest BCUT2D eigenvalue weighted by atomic mass is 10.1. The summed E-state index contributed by atoms with van der Waals surface area (Å²) < 4.78 is 0. The van der Waals surface area contributed by atoms with E-state index in [1.165, 1.54) is 13.0 Å². The molecule has 1 saturated heterocycles. The number of hydrogen-bond donors (Lipinski definition) is 0. The van der Waals surface area contributed by atoms with Crippen molar-refractivity contribution < 1.29 is 0 Å². The molecule has 0 bridgehead atoms. The van der Waals surface area contributed by atoms with Crippen molar-refractivity contribution in [3.63, 3.8) is 0 Å². The zero-order valence-corrected chi connectivity index (χ0v) is 7.38. The third-order valence-electron chi connectivity index (χ3n) is 2.40. The molecule has 0 aromatic rings. The molecule has 11 heavy (non-hydrogen) atoms. The second-order valence-electron chi connectivity index (χ2n) is 3.58. The van der Waals surface area contributed by atoms with Gasteiger partial charge in [0.15, 0.2) is 0 Å². The third kappa shape index (κ3) is 2.20. The van der Waals surface area contributed by atoms with E-state index in [-0.39, 0.29) is 0 Å². The first-order valence-electron chi connectivity index (χ1n) is 4.31. The molecule has 1 unspecified atom stereocenters. The summed E-state index contributed by atoms with van der Waals surface area (Å²) in [6, 6.07) is 0.658. The topological polar surface area (TPSA) is 7.60 Å². The summed E-state index contributed by atoms with van der Waals surface area (Å²) in [6.07, 6.45) is 1.22. The molecular weight excluding hydrogens is 136 g/mol. The van der Waals surface area contributed by atoms with Gasteiger partial charge in [-0.1, -0.05) is 0 Å². The Hall–Kier alpha value is -0.550. The number of likely N-dealkylation sites (tertiary alicyclic amines) is 1. The van der Waals surface area contributed by atoms with E-state index in [1.807, 2.05) is 0 Å². The highest BCUT2D eigenvalue weighted by molar-refractivity contribution is 4.82. The maximum Gasteiger partial charge on any atom is 0.218 e. The molecule has 1 atom stereocenters. The molecule has 62 valence electrons. The molecule has 1 aliphatic heterocycles. The smallest absolute Gasteiger partial charge is 0.218 e. The van der Waals surface area contributed by atoms with E-state index in [0.29, 0.717) is 12.0 Å². The summed E-state index contributed by atoms with van der Waals surface area (Å²) in [5.74, 6) is 0.648. The molecular formula is C9H16N2. The van der Waals surface area contributed by atoms with Crippen molar-refractivity contribution in [1.82, 2.24) is 4.90 Å². The Balaban J connectivity index is 2.30. The summed E-state index contributed by atoms with van der Waals surface area (Å²) in [7, 11) is 0. The maximum absolute atomic E-state index is 6.75. The Morgan fingerprint density at radius 1 is 1.64 bits per heavy atom. The highest BCUT2D eigenvalue weighted by Gasteiger charge is 2.25. The second kappa shape index (κ2) is 3.73. The van der Waals surface area contributed by atoms with Crippen molar-refractivity contribution in [3.05, 3.63) is 11.4 Å². The number of nitrogens with zero attached hydrogens (tertiary/aromatic N) is 2. The van der Waals surface area contributed by atoms with Gasteiger partial charge in [0.2, 0.25) is 6.54 Å². The molecule has 2 heteroatoms. The van der Waals surface area contributed by atoms with Crippen molar-refractivity contribution >= 4 is 0 Å². The second-order valence-corrected chi connectivity index (χ2v) is 3.58. The molecule has 0 spiro atoms. The van der Waals surface area contributed by atoms with Crippen LogP contribution in [0.15, 0.2) is 0 Å². The predicted octanol–water partition coefficient (Wildman–Crippen LogP) is 1.64. The highest BCUT2D eigenvalue weighted by atomic mass is 15.2. The molecule has 0 aliphatic carbocycles. The monoisotopic (exact) mass is 152 g/mol. The standard InChI is InChI=1S/C9H16N2/c1-8(2)11-5-4-9(7-11)6-10-3/h8-9H,4-7H2,1-2H3. The summed E-state index contributed by atoms with van der Waals surface area (Å²) in [5.41, 5.74) is 0. The lowest BCUT2D eigenvalue weighted by Gasteiger charge is -2.19. The van der Waals surface area contributed by atoms with E-state index in [4.69, 9.17) is 6.57 Å². The Kier molecular flexibility index (Phi) is 2.90. The van der Waals surface area contributed by atoms with Crippen LogP contribution in [0.4, 0.5) is 0 Å². The first-order chi connectivity index (χ1) is 5.24. The minimum Gasteiger partial charge on any atom is -0.317 e. The molecule has 0 N–H and O–H groups in total. The van der Waals surface area contributed by atoms with Gasteiger partial charge >= 0.3 is 0 Å². The van der Waals surface area contributed by atoms with Gasteiger partial charge in [0.25, 0.3) is 0 Å². The largest absolute Gasteiger partial charge is 0.317 e. The van der Waals surface area contributed by atoms with Crippen LogP contribution in [0.2, 0.25) is 0 Å². The van der Waals surface area contributed by atoms with E-state index < -0.39 is 0 Å². The summed E-state index contributed by atoms with van der Waals surface area (Å²) in [6.45, 7) is 14.2. The third-order valence-corrected chi connectivity index (χ3v) is 2.40. The average molecular weight is 152 g/mol. The van der Waals surface area contributed by atoms with Crippen molar-refractivity contribution in [3.8, 4) is 0 Å². The number of rotatable bonds is 2. The normalized spacial score (nSPS) is 25.8. The fourth-order valence-electron chi connectivity index (χ4n) is 1.61. The van der Waals surface area contributed by atoms with Crippen LogP contribution in [0.3, 0.4) is 0 Å². The fraction of sp³-hybridized carbons (Fsp3) is 0.889. The quantitative estimate of drug-likeness (QED) is 0.546. The number of hydrogen-bond acceptors (Lipinski definition) is 1. The van der Waals surface area contributed by atoms with Crippen LogP contribution in [-0.2, 0) is 0 Å². The van der Waals surface area contributed by atoms with Crippen molar-refractivity contribution in [2.24, 2.45) is 5.92 Å². The van der Waals surface area contributed by atoms with Crippen LogP contribution in [0, 0.1) is 12.5 Å². The van der Waals surface area contributed by atoms with Crippen LogP contribution in [0.5, 0.6) is 0 Å². The first kappa shape index (κ1) is 8.55. The van der Waals surface area contributed by atoms with E-state index in [0.717, 1.165) is 13.1 Å². The summed E-state index contributed by atoms with van der Waals surface area (Å²) >= 11 is 0. The van der Waals surface area contributed by atoms with Crippen LogP contribution in [0.1, 0.15) is 20.3 Å². The molecule has 0 radical (unpaired) electrons. The molecule has 0 amide bonds. The minimum absolute atomic E-state index is 0.648. The predicted molar refractivity (Wildman–Crippen MR) is 46.3 cm³/mol. The van der Waals surface area contributed by atoms with Crippen LogP contribution in [0.25, 0.3) is 4.85 Å². The van der Waals surface area contributed by atoms with E-state index in [2.05, 4.69) is 23.6 Å². The van der Waals surface area contributed by atoms with Crippen LogP contribution >= 0.6 is 0 Å². The fourth-order valence-corrected chi connectivity index (χ4v) is 1.61. The lowest BCUT2D eigenvalue weighted by molar-refractivity contribution is 0.267. The summed E-state index contributed by atoms with van der Waals surface area (Å²) in [4.78, 5) is 5.89.